The van der Waals surface area contributed by atoms with Gasteiger partial charge in [-0.25, -0.2) is 18.1 Å². The quantitative estimate of drug-likeness (QED) is 0.797. The van der Waals surface area contributed by atoms with Gasteiger partial charge in [-0.1, -0.05) is 13.0 Å². The Kier molecular flexibility index (Phi) is 4.74. The summed E-state index contributed by atoms with van der Waals surface area (Å²) in [5.41, 5.74) is 7.29. The lowest BCUT2D eigenvalue weighted by atomic mass is 10.1. The maximum Gasteiger partial charge on any atom is 0.240 e. The van der Waals surface area contributed by atoms with E-state index in [0.29, 0.717) is 18.7 Å². The van der Waals surface area contributed by atoms with E-state index in [4.69, 9.17) is 5.73 Å². The fourth-order valence-corrected chi connectivity index (χ4v) is 3.50. The van der Waals surface area contributed by atoms with Gasteiger partial charge in [0.25, 0.3) is 0 Å². The van der Waals surface area contributed by atoms with Gasteiger partial charge in [0, 0.05) is 30.2 Å². The molecule has 1 aromatic carbocycles. The topological polar surface area (TPSA) is 85.1 Å². The third-order valence-electron chi connectivity index (χ3n) is 2.92. The molecule has 0 atom stereocenters. The minimum absolute atomic E-state index is 0.200. The van der Waals surface area contributed by atoms with Gasteiger partial charge in [0.05, 0.1) is 9.90 Å². The van der Waals surface area contributed by atoms with Crippen LogP contribution in [0.3, 0.4) is 0 Å². The summed E-state index contributed by atoms with van der Waals surface area (Å²) in [7, 11) is -3.51. The summed E-state index contributed by atoms with van der Waals surface area (Å²) < 4.78 is 26.8. The van der Waals surface area contributed by atoms with Crippen LogP contribution < -0.4 is 10.5 Å². The van der Waals surface area contributed by atoms with Gasteiger partial charge < -0.3 is 5.73 Å². The van der Waals surface area contributed by atoms with Crippen LogP contribution in [-0.4, -0.2) is 19.9 Å². The number of aromatic nitrogens is 1. The summed E-state index contributed by atoms with van der Waals surface area (Å²) in [5.74, 6) is 0. The number of nitrogen functional groups attached to an aromatic ring is 1. The molecule has 0 saturated heterocycles. The van der Waals surface area contributed by atoms with Crippen LogP contribution in [0.25, 0.3) is 0 Å². The van der Waals surface area contributed by atoms with Crippen LogP contribution in [-0.2, 0) is 22.9 Å². The number of rotatable bonds is 6. The largest absolute Gasteiger partial charge is 0.398 e. The Bertz CT molecular complexity index is 667. The van der Waals surface area contributed by atoms with Crippen molar-refractivity contribution in [2.24, 2.45) is 0 Å². The highest BCUT2D eigenvalue weighted by atomic mass is 32.2. The van der Waals surface area contributed by atoms with Gasteiger partial charge in [-0.05, 0) is 24.1 Å². The summed E-state index contributed by atoms with van der Waals surface area (Å²) >= 11 is 1.51. The average molecular weight is 311 g/mol. The summed E-state index contributed by atoms with van der Waals surface area (Å²) in [6.45, 7) is 2.30. The van der Waals surface area contributed by atoms with Crippen LogP contribution in [0.5, 0.6) is 0 Å². The number of thiazole rings is 1. The van der Waals surface area contributed by atoms with Gasteiger partial charge in [0.1, 0.15) is 0 Å². The zero-order chi connectivity index (χ0) is 14.6. The van der Waals surface area contributed by atoms with Crippen molar-refractivity contribution in [3.05, 3.63) is 40.3 Å². The molecule has 0 bridgehead atoms. The fourth-order valence-electron chi connectivity index (χ4n) is 1.81. The Labute approximate surface area is 122 Å². The van der Waals surface area contributed by atoms with Crippen molar-refractivity contribution < 1.29 is 8.42 Å². The molecule has 0 aliphatic carbocycles. The highest BCUT2D eigenvalue weighted by Crippen LogP contribution is 2.18. The predicted octanol–water partition coefficient (Wildman–Crippen LogP) is 1.81. The predicted molar refractivity (Wildman–Crippen MR) is 81.2 cm³/mol. The number of hydrogen-bond acceptors (Lipinski definition) is 5. The molecule has 0 spiro atoms. The van der Waals surface area contributed by atoms with Gasteiger partial charge in [0.2, 0.25) is 10.0 Å². The summed E-state index contributed by atoms with van der Waals surface area (Å²) in [4.78, 5) is 4.31. The lowest BCUT2D eigenvalue weighted by molar-refractivity contribution is 0.581. The minimum atomic E-state index is -3.51. The molecule has 2 aromatic rings. The number of aryl methyl sites for hydroxylation is 1. The minimum Gasteiger partial charge on any atom is -0.398 e. The van der Waals surface area contributed by atoms with Crippen molar-refractivity contribution in [3.63, 3.8) is 0 Å². The van der Waals surface area contributed by atoms with Crippen molar-refractivity contribution in [1.29, 1.82) is 0 Å². The van der Waals surface area contributed by atoms with E-state index < -0.39 is 10.0 Å². The van der Waals surface area contributed by atoms with Gasteiger partial charge >= 0.3 is 0 Å². The van der Waals surface area contributed by atoms with E-state index in [-0.39, 0.29) is 4.90 Å². The zero-order valence-electron chi connectivity index (χ0n) is 11.2. The molecule has 0 aliphatic rings. The molecule has 0 aliphatic heterocycles. The molecule has 0 amide bonds. The molecule has 7 heteroatoms. The van der Waals surface area contributed by atoms with Crippen LogP contribution in [0.15, 0.2) is 34.7 Å². The maximum atomic E-state index is 12.1. The smallest absolute Gasteiger partial charge is 0.240 e. The Hall–Kier alpha value is -1.44. The van der Waals surface area contributed by atoms with Gasteiger partial charge in [-0.2, -0.15) is 0 Å². The molecular formula is C13H17N3O2S2. The van der Waals surface area contributed by atoms with Crippen LogP contribution >= 0.6 is 11.3 Å². The molecule has 20 heavy (non-hydrogen) atoms. The van der Waals surface area contributed by atoms with Crippen molar-refractivity contribution in [2.45, 2.75) is 24.7 Å². The molecule has 3 N–H and O–H groups in total. The van der Waals surface area contributed by atoms with Crippen LogP contribution in [0.4, 0.5) is 5.69 Å². The molecule has 0 fully saturated rings. The van der Waals surface area contributed by atoms with Crippen molar-refractivity contribution in [1.82, 2.24) is 9.71 Å². The van der Waals surface area contributed by atoms with Crippen molar-refractivity contribution in [3.8, 4) is 0 Å². The second-order valence-electron chi connectivity index (χ2n) is 4.29. The van der Waals surface area contributed by atoms with Gasteiger partial charge in [-0.15, -0.1) is 11.3 Å². The second-order valence-corrected chi connectivity index (χ2v) is 7.03. The summed E-state index contributed by atoms with van der Waals surface area (Å²) in [6, 6.07) is 4.84. The number of sulfonamides is 1. The second kappa shape index (κ2) is 6.34. The summed E-state index contributed by atoms with van der Waals surface area (Å²) in [6.07, 6.45) is 3.07. The van der Waals surface area contributed by atoms with E-state index in [1.807, 2.05) is 12.3 Å². The highest BCUT2D eigenvalue weighted by Gasteiger charge is 2.14. The van der Waals surface area contributed by atoms with Gasteiger partial charge in [0.15, 0.2) is 0 Å². The van der Waals surface area contributed by atoms with E-state index in [0.717, 1.165) is 17.0 Å². The number of nitrogens with one attached hydrogen (secondary N) is 1. The summed E-state index contributed by atoms with van der Waals surface area (Å²) in [5, 5.41) is 2.78. The van der Waals surface area contributed by atoms with E-state index in [2.05, 4.69) is 9.71 Å². The van der Waals surface area contributed by atoms with E-state index in [1.165, 1.54) is 17.4 Å². The number of nitrogens with two attached hydrogens (primary N) is 1. The van der Waals surface area contributed by atoms with Gasteiger partial charge in [-0.3, -0.25) is 0 Å². The third kappa shape index (κ3) is 3.56. The normalized spacial score (nSPS) is 11.7. The molecule has 0 radical (unpaired) electrons. The van der Waals surface area contributed by atoms with Crippen molar-refractivity contribution in [2.75, 3.05) is 12.3 Å². The fraction of sp³-hybridized carbons (Fsp3) is 0.308. The zero-order valence-corrected chi connectivity index (χ0v) is 12.8. The first-order chi connectivity index (χ1) is 9.53. The molecule has 1 aromatic heterocycles. The molecule has 0 unspecified atom stereocenters. The Morgan fingerprint density at radius 2 is 2.20 bits per heavy atom. The number of benzene rings is 1. The SMILES string of the molecule is CCc1ccc(S(=O)(=O)NCCc2nccs2)cc1N. The van der Waals surface area contributed by atoms with Crippen LogP contribution in [0.2, 0.25) is 0 Å². The molecular weight excluding hydrogens is 294 g/mol. The first kappa shape index (κ1) is 15.0. The van der Waals surface area contributed by atoms with Crippen molar-refractivity contribution >= 4 is 27.0 Å². The molecule has 2 rings (SSSR count). The maximum absolute atomic E-state index is 12.1. The molecule has 108 valence electrons. The molecule has 0 saturated carbocycles. The monoisotopic (exact) mass is 311 g/mol. The number of anilines is 1. The van der Waals surface area contributed by atoms with E-state index in [1.54, 1.807) is 18.3 Å². The lowest BCUT2D eigenvalue weighted by Gasteiger charge is -2.09. The first-order valence-electron chi connectivity index (χ1n) is 6.29. The average Bonchev–Trinajstić information content (AvgIpc) is 2.91. The van der Waals surface area contributed by atoms with E-state index in [9.17, 15) is 8.42 Å². The highest BCUT2D eigenvalue weighted by molar-refractivity contribution is 7.89. The standard InChI is InChI=1S/C13H17N3O2S2/c1-2-10-3-4-11(9-12(10)14)20(17,18)16-6-5-13-15-7-8-19-13/h3-4,7-9,16H,2,5-6,14H2,1H3. The first-order valence-corrected chi connectivity index (χ1v) is 8.65. The number of nitrogens with zero attached hydrogens (tertiary/aromatic N) is 1. The Morgan fingerprint density at radius 1 is 1.40 bits per heavy atom. The van der Waals surface area contributed by atoms with E-state index >= 15 is 0 Å². The Balaban J connectivity index is 2.04. The molecule has 5 nitrogen and oxygen atoms in total. The Morgan fingerprint density at radius 3 is 2.80 bits per heavy atom. The van der Waals surface area contributed by atoms with Crippen LogP contribution in [0.1, 0.15) is 17.5 Å². The van der Waals surface area contributed by atoms with Crippen LogP contribution in [0, 0.1) is 0 Å². The third-order valence-corrected chi connectivity index (χ3v) is 5.22. The lowest BCUT2D eigenvalue weighted by Crippen LogP contribution is -2.26. The number of hydrogen-bond donors (Lipinski definition) is 2. The molecule has 1 heterocycles.